The molecular weight excluding hydrogens is 234 g/mol. The van der Waals surface area contributed by atoms with Crippen LogP contribution in [-0.4, -0.2) is 36.2 Å². The molecule has 0 aromatic carbocycles. The van der Waals surface area contributed by atoms with Crippen molar-refractivity contribution in [1.29, 1.82) is 0 Å². The Labute approximate surface area is 107 Å². The Balaban J connectivity index is 1.75. The second-order valence-corrected chi connectivity index (χ2v) is 5.31. The predicted molar refractivity (Wildman–Crippen MR) is 65.1 cm³/mol. The molecule has 2 rings (SSSR count). The summed E-state index contributed by atoms with van der Waals surface area (Å²) in [7, 11) is 0. The minimum Gasteiger partial charge on any atom is -0.481 e. The van der Waals surface area contributed by atoms with Crippen molar-refractivity contribution in [3.8, 4) is 0 Å². The molecule has 1 aliphatic carbocycles. The highest BCUT2D eigenvalue weighted by Crippen LogP contribution is 2.29. The van der Waals surface area contributed by atoms with Crippen molar-refractivity contribution in [2.45, 2.75) is 44.6 Å². The van der Waals surface area contributed by atoms with Gasteiger partial charge in [0.25, 0.3) is 0 Å². The topological polar surface area (TPSA) is 75.6 Å². The van der Waals surface area contributed by atoms with Gasteiger partial charge in [0.2, 0.25) is 5.91 Å². The molecule has 2 aliphatic rings. The number of rotatable bonds is 3. The van der Waals surface area contributed by atoms with E-state index in [1.165, 1.54) is 0 Å². The van der Waals surface area contributed by atoms with Gasteiger partial charge in [0.1, 0.15) is 0 Å². The van der Waals surface area contributed by atoms with Gasteiger partial charge in [-0.1, -0.05) is 0 Å². The average molecular weight is 255 g/mol. The largest absolute Gasteiger partial charge is 0.481 e. The molecule has 1 aliphatic heterocycles. The van der Waals surface area contributed by atoms with Crippen LogP contribution < -0.4 is 5.32 Å². The molecule has 102 valence electrons. The maximum Gasteiger partial charge on any atom is 0.306 e. The lowest BCUT2D eigenvalue weighted by Crippen LogP contribution is -2.44. The van der Waals surface area contributed by atoms with Crippen molar-refractivity contribution < 1.29 is 19.4 Å². The van der Waals surface area contributed by atoms with Gasteiger partial charge in [-0.2, -0.15) is 0 Å². The zero-order valence-corrected chi connectivity index (χ0v) is 10.6. The van der Waals surface area contributed by atoms with Crippen molar-refractivity contribution in [1.82, 2.24) is 5.32 Å². The van der Waals surface area contributed by atoms with Crippen molar-refractivity contribution >= 4 is 11.9 Å². The fourth-order valence-electron chi connectivity index (χ4n) is 2.78. The number of carboxylic acids is 1. The minimum absolute atomic E-state index is 0.0115. The normalized spacial score (nSPS) is 32.8. The van der Waals surface area contributed by atoms with Crippen molar-refractivity contribution in [3.63, 3.8) is 0 Å². The molecule has 1 saturated carbocycles. The summed E-state index contributed by atoms with van der Waals surface area (Å²) < 4.78 is 5.33. The minimum atomic E-state index is -0.727. The first-order valence-corrected chi connectivity index (χ1v) is 6.77. The van der Waals surface area contributed by atoms with E-state index >= 15 is 0 Å². The van der Waals surface area contributed by atoms with E-state index in [-0.39, 0.29) is 23.8 Å². The maximum atomic E-state index is 12.0. The summed E-state index contributed by atoms with van der Waals surface area (Å²) in [5.41, 5.74) is 0. The maximum absolute atomic E-state index is 12.0. The number of carbonyl (C=O) groups is 2. The van der Waals surface area contributed by atoms with Crippen LogP contribution in [-0.2, 0) is 14.3 Å². The molecule has 0 aromatic heterocycles. The number of carbonyl (C=O) groups excluding carboxylic acids is 1. The first kappa shape index (κ1) is 13.3. The number of carboxylic acid groups (broad SMARTS) is 1. The zero-order valence-electron chi connectivity index (χ0n) is 10.6. The number of ether oxygens (including phenoxy) is 1. The molecule has 1 saturated heterocycles. The van der Waals surface area contributed by atoms with E-state index in [1.54, 1.807) is 0 Å². The predicted octanol–water partition coefficient (Wildman–Crippen LogP) is 1.17. The van der Waals surface area contributed by atoms with Gasteiger partial charge < -0.3 is 15.2 Å². The molecule has 5 nitrogen and oxygen atoms in total. The SMILES string of the molecule is O=C(O)C1CCC(C(=O)NC2CCCOC2)CC1. The van der Waals surface area contributed by atoms with Gasteiger partial charge in [-0.15, -0.1) is 0 Å². The second-order valence-electron chi connectivity index (χ2n) is 5.31. The Bertz CT molecular complexity index is 304. The monoisotopic (exact) mass is 255 g/mol. The van der Waals surface area contributed by atoms with Crippen LogP contribution in [0.15, 0.2) is 0 Å². The molecule has 0 bridgehead atoms. The molecule has 18 heavy (non-hydrogen) atoms. The average Bonchev–Trinajstić information content (AvgIpc) is 2.40. The summed E-state index contributed by atoms with van der Waals surface area (Å²) in [6.45, 7) is 1.40. The molecule has 1 unspecified atom stereocenters. The first-order valence-electron chi connectivity index (χ1n) is 6.77. The van der Waals surface area contributed by atoms with Crippen LogP contribution >= 0.6 is 0 Å². The van der Waals surface area contributed by atoms with Gasteiger partial charge in [0.05, 0.1) is 18.6 Å². The van der Waals surface area contributed by atoms with Crippen LogP contribution in [0.3, 0.4) is 0 Å². The quantitative estimate of drug-likeness (QED) is 0.794. The molecule has 2 fully saturated rings. The molecule has 5 heteroatoms. The Morgan fingerprint density at radius 1 is 1.06 bits per heavy atom. The number of hydrogen-bond acceptors (Lipinski definition) is 3. The van der Waals surface area contributed by atoms with E-state index in [0.29, 0.717) is 32.3 Å². The smallest absolute Gasteiger partial charge is 0.306 e. The Hall–Kier alpha value is -1.10. The van der Waals surface area contributed by atoms with Crippen LogP contribution in [0.2, 0.25) is 0 Å². The summed E-state index contributed by atoms with van der Waals surface area (Å²) in [5, 5.41) is 11.9. The van der Waals surface area contributed by atoms with Crippen LogP contribution in [0.4, 0.5) is 0 Å². The summed E-state index contributed by atoms with van der Waals surface area (Å²) in [6.07, 6.45) is 4.60. The fraction of sp³-hybridized carbons (Fsp3) is 0.846. The second kappa shape index (κ2) is 6.18. The highest BCUT2D eigenvalue weighted by atomic mass is 16.5. The van der Waals surface area contributed by atoms with Gasteiger partial charge in [0.15, 0.2) is 0 Å². The molecule has 0 aromatic rings. The van der Waals surface area contributed by atoms with E-state index in [2.05, 4.69) is 5.32 Å². The van der Waals surface area contributed by atoms with E-state index in [4.69, 9.17) is 9.84 Å². The third kappa shape index (κ3) is 3.45. The first-order chi connectivity index (χ1) is 8.66. The van der Waals surface area contributed by atoms with Crippen LogP contribution in [0.25, 0.3) is 0 Å². The van der Waals surface area contributed by atoms with Gasteiger partial charge in [-0.3, -0.25) is 9.59 Å². The highest BCUT2D eigenvalue weighted by Gasteiger charge is 2.30. The third-order valence-electron chi connectivity index (χ3n) is 3.95. The standard InChI is InChI=1S/C13H21NO4/c15-12(14-11-2-1-7-18-8-11)9-3-5-10(6-4-9)13(16)17/h9-11H,1-8H2,(H,14,15)(H,16,17). The summed E-state index contributed by atoms with van der Waals surface area (Å²) in [5.74, 6) is -0.918. The number of nitrogens with one attached hydrogen (secondary N) is 1. The van der Waals surface area contributed by atoms with Crippen LogP contribution in [0, 0.1) is 11.8 Å². The van der Waals surface area contributed by atoms with Gasteiger partial charge >= 0.3 is 5.97 Å². The molecule has 2 N–H and O–H groups in total. The lowest BCUT2D eigenvalue weighted by Gasteiger charge is -2.28. The summed E-state index contributed by atoms with van der Waals surface area (Å²) in [6, 6.07) is 0.142. The highest BCUT2D eigenvalue weighted by molar-refractivity contribution is 5.79. The molecule has 1 heterocycles. The van der Waals surface area contributed by atoms with Crippen LogP contribution in [0.1, 0.15) is 38.5 Å². The lowest BCUT2D eigenvalue weighted by molar-refractivity contribution is -0.144. The summed E-state index contributed by atoms with van der Waals surface area (Å²) >= 11 is 0. The van der Waals surface area contributed by atoms with Gasteiger partial charge in [-0.25, -0.2) is 0 Å². The number of aliphatic carboxylic acids is 1. The fourth-order valence-corrected chi connectivity index (χ4v) is 2.78. The van der Waals surface area contributed by atoms with E-state index < -0.39 is 5.97 Å². The molecule has 0 radical (unpaired) electrons. The Morgan fingerprint density at radius 2 is 1.72 bits per heavy atom. The van der Waals surface area contributed by atoms with E-state index in [9.17, 15) is 9.59 Å². The van der Waals surface area contributed by atoms with Crippen molar-refractivity contribution in [2.24, 2.45) is 11.8 Å². The lowest BCUT2D eigenvalue weighted by atomic mass is 9.81. The zero-order chi connectivity index (χ0) is 13.0. The molecule has 0 spiro atoms. The van der Waals surface area contributed by atoms with Crippen molar-refractivity contribution in [2.75, 3.05) is 13.2 Å². The van der Waals surface area contributed by atoms with Crippen molar-refractivity contribution in [3.05, 3.63) is 0 Å². The molecular formula is C13H21NO4. The number of amides is 1. The number of hydrogen-bond donors (Lipinski definition) is 2. The Kier molecular flexibility index (Phi) is 4.58. The molecule has 1 atom stereocenters. The Morgan fingerprint density at radius 3 is 2.28 bits per heavy atom. The van der Waals surface area contributed by atoms with Gasteiger partial charge in [-0.05, 0) is 38.5 Å². The van der Waals surface area contributed by atoms with E-state index in [1.807, 2.05) is 0 Å². The third-order valence-corrected chi connectivity index (χ3v) is 3.95. The summed E-state index contributed by atoms with van der Waals surface area (Å²) in [4.78, 5) is 22.9. The molecule has 1 amide bonds. The van der Waals surface area contributed by atoms with Crippen LogP contribution in [0.5, 0.6) is 0 Å². The van der Waals surface area contributed by atoms with Gasteiger partial charge in [0, 0.05) is 12.5 Å². The van der Waals surface area contributed by atoms with E-state index in [0.717, 1.165) is 19.4 Å².